The summed E-state index contributed by atoms with van der Waals surface area (Å²) in [5, 5.41) is 3.91. The zero-order valence-corrected chi connectivity index (χ0v) is 12.4. The highest BCUT2D eigenvalue weighted by Gasteiger charge is 2.09. The van der Waals surface area contributed by atoms with Crippen LogP contribution in [0.3, 0.4) is 0 Å². The average Bonchev–Trinajstić information content (AvgIpc) is 2.53. The third kappa shape index (κ3) is 2.67. The zero-order valence-electron chi connectivity index (χ0n) is 12.4. The van der Waals surface area contributed by atoms with Gasteiger partial charge in [-0.25, -0.2) is 19.3 Å². The minimum atomic E-state index is -0.349. The molecule has 0 radical (unpaired) electrons. The molecule has 3 aromatic rings. The third-order valence-corrected chi connectivity index (χ3v) is 3.35. The number of hydrogen-bond acceptors (Lipinski definition) is 5. The maximum absolute atomic E-state index is 13.8. The van der Waals surface area contributed by atoms with Gasteiger partial charge in [-0.1, -0.05) is 12.1 Å². The van der Waals surface area contributed by atoms with Crippen molar-refractivity contribution in [1.29, 1.82) is 0 Å². The Balaban J connectivity index is 1.91. The number of fused-ring (bicyclic) bond motifs is 1. The van der Waals surface area contributed by atoms with Gasteiger partial charge in [0.15, 0.2) is 0 Å². The number of nitrogens with zero attached hydrogens (tertiary/aromatic N) is 4. The molecule has 0 spiro atoms. The zero-order chi connectivity index (χ0) is 15.5. The van der Waals surface area contributed by atoms with Crippen LogP contribution in [-0.2, 0) is 6.54 Å². The fourth-order valence-corrected chi connectivity index (χ4v) is 2.34. The summed E-state index contributed by atoms with van der Waals surface area (Å²) in [6.07, 6.45) is 3.12. The number of rotatable bonds is 4. The van der Waals surface area contributed by atoms with Gasteiger partial charge in [-0.3, -0.25) is 0 Å². The molecule has 5 nitrogen and oxygen atoms in total. The standard InChI is InChI=1S/C16H16FN5/c1-22(2)16-11(5-4-8-18-16)9-19-15-12-6-3-7-13(17)14(12)20-10-21-15/h3-8,10H,9H2,1-2H3,(H,19,20,21). The van der Waals surface area contributed by atoms with Crippen LogP contribution >= 0.6 is 0 Å². The number of pyridine rings is 1. The second-order valence-corrected chi connectivity index (χ2v) is 5.09. The van der Waals surface area contributed by atoms with Crippen LogP contribution in [0, 0.1) is 5.82 Å². The summed E-state index contributed by atoms with van der Waals surface area (Å²) in [7, 11) is 3.89. The lowest BCUT2D eigenvalue weighted by molar-refractivity contribution is 0.636. The van der Waals surface area contributed by atoms with Crippen molar-refractivity contribution in [2.75, 3.05) is 24.3 Å². The van der Waals surface area contributed by atoms with Gasteiger partial charge in [-0.05, 0) is 18.2 Å². The van der Waals surface area contributed by atoms with Crippen molar-refractivity contribution in [3.63, 3.8) is 0 Å². The summed E-state index contributed by atoms with van der Waals surface area (Å²) in [5.74, 6) is 1.15. The van der Waals surface area contributed by atoms with Crippen molar-refractivity contribution in [2.24, 2.45) is 0 Å². The first kappa shape index (κ1) is 14.2. The molecule has 0 saturated carbocycles. The van der Waals surface area contributed by atoms with Gasteiger partial charge in [-0.2, -0.15) is 0 Å². The third-order valence-electron chi connectivity index (χ3n) is 3.35. The van der Waals surface area contributed by atoms with E-state index >= 15 is 0 Å². The Morgan fingerprint density at radius 2 is 1.95 bits per heavy atom. The number of anilines is 2. The number of benzene rings is 1. The van der Waals surface area contributed by atoms with E-state index < -0.39 is 0 Å². The molecule has 112 valence electrons. The predicted molar refractivity (Wildman–Crippen MR) is 85.4 cm³/mol. The van der Waals surface area contributed by atoms with Crippen LogP contribution in [0.1, 0.15) is 5.56 Å². The van der Waals surface area contributed by atoms with Gasteiger partial charge in [-0.15, -0.1) is 0 Å². The molecule has 0 bridgehead atoms. The second kappa shape index (κ2) is 5.93. The minimum absolute atomic E-state index is 0.319. The molecule has 2 heterocycles. The monoisotopic (exact) mass is 297 g/mol. The highest BCUT2D eigenvalue weighted by Crippen LogP contribution is 2.22. The average molecular weight is 297 g/mol. The van der Waals surface area contributed by atoms with Crippen LogP contribution in [0.2, 0.25) is 0 Å². The Morgan fingerprint density at radius 1 is 1.09 bits per heavy atom. The van der Waals surface area contributed by atoms with E-state index in [-0.39, 0.29) is 5.82 Å². The summed E-state index contributed by atoms with van der Waals surface area (Å²) in [4.78, 5) is 14.5. The van der Waals surface area contributed by atoms with Crippen molar-refractivity contribution < 1.29 is 4.39 Å². The van der Waals surface area contributed by atoms with E-state index in [0.29, 0.717) is 23.3 Å². The second-order valence-electron chi connectivity index (χ2n) is 5.09. The number of halogens is 1. The normalized spacial score (nSPS) is 10.7. The lowest BCUT2D eigenvalue weighted by Gasteiger charge is -2.16. The maximum Gasteiger partial charge on any atom is 0.149 e. The topological polar surface area (TPSA) is 53.9 Å². The summed E-state index contributed by atoms with van der Waals surface area (Å²) >= 11 is 0. The van der Waals surface area contributed by atoms with Gasteiger partial charge >= 0.3 is 0 Å². The fraction of sp³-hybridized carbons (Fsp3) is 0.188. The molecule has 0 aliphatic heterocycles. The molecule has 1 aromatic carbocycles. The van der Waals surface area contributed by atoms with Crippen molar-refractivity contribution >= 4 is 22.5 Å². The molecule has 0 atom stereocenters. The van der Waals surface area contributed by atoms with E-state index in [1.807, 2.05) is 31.1 Å². The van der Waals surface area contributed by atoms with Gasteiger partial charge in [0.1, 0.15) is 29.3 Å². The molecule has 0 saturated heterocycles. The molecule has 6 heteroatoms. The maximum atomic E-state index is 13.8. The molecule has 0 fully saturated rings. The number of hydrogen-bond donors (Lipinski definition) is 1. The molecule has 0 aliphatic carbocycles. The predicted octanol–water partition coefficient (Wildman–Crippen LogP) is 2.84. The molecular weight excluding hydrogens is 281 g/mol. The molecule has 0 amide bonds. The Hall–Kier alpha value is -2.76. The fourth-order valence-electron chi connectivity index (χ4n) is 2.34. The molecule has 0 aliphatic rings. The van der Waals surface area contributed by atoms with E-state index in [2.05, 4.69) is 20.3 Å². The molecule has 0 unspecified atom stereocenters. The first-order valence-electron chi connectivity index (χ1n) is 6.91. The van der Waals surface area contributed by atoms with Crippen LogP contribution in [0.5, 0.6) is 0 Å². The Morgan fingerprint density at radius 3 is 2.77 bits per heavy atom. The SMILES string of the molecule is CN(C)c1ncccc1CNc1ncnc2c(F)cccc12. The lowest BCUT2D eigenvalue weighted by Crippen LogP contribution is -2.15. The smallest absolute Gasteiger partial charge is 0.149 e. The van der Waals surface area contributed by atoms with Gasteiger partial charge < -0.3 is 10.2 Å². The van der Waals surface area contributed by atoms with Crippen molar-refractivity contribution in [2.45, 2.75) is 6.54 Å². The van der Waals surface area contributed by atoms with Crippen molar-refractivity contribution in [3.8, 4) is 0 Å². The van der Waals surface area contributed by atoms with Crippen LogP contribution < -0.4 is 10.2 Å². The summed E-state index contributed by atoms with van der Waals surface area (Å²) in [6, 6.07) is 8.74. The number of aromatic nitrogens is 3. The van der Waals surface area contributed by atoms with Crippen LogP contribution in [0.25, 0.3) is 10.9 Å². The van der Waals surface area contributed by atoms with Crippen LogP contribution in [-0.4, -0.2) is 29.0 Å². The Labute approximate surface area is 127 Å². The van der Waals surface area contributed by atoms with Gasteiger partial charge in [0, 0.05) is 37.8 Å². The van der Waals surface area contributed by atoms with E-state index in [1.54, 1.807) is 18.3 Å². The van der Waals surface area contributed by atoms with Gasteiger partial charge in [0.2, 0.25) is 0 Å². The first-order valence-corrected chi connectivity index (χ1v) is 6.91. The van der Waals surface area contributed by atoms with Crippen LogP contribution in [0.15, 0.2) is 42.9 Å². The first-order chi connectivity index (χ1) is 10.7. The van der Waals surface area contributed by atoms with Gasteiger partial charge in [0.05, 0.1) is 0 Å². The highest BCUT2D eigenvalue weighted by atomic mass is 19.1. The Bertz CT molecular complexity index is 803. The molecule has 2 aromatic heterocycles. The van der Waals surface area contributed by atoms with Gasteiger partial charge in [0.25, 0.3) is 0 Å². The van der Waals surface area contributed by atoms with E-state index in [4.69, 9.17) is 0 Å². The molecule has 3 rings (SSSR count). The van der Waals surface area contributed by atoms with E-state index in [9.17, 15) is 4.39 Å². The van der Waals surface area contributed by atoms with Crippen molar-refractivity contribution in [1.82, 2.24) is 15.0 Å². The van der Waals surface area contributed by atoms with Crippen LogP contribution in [0.4, 0.5) is 16.0 Å². The number of nitrogens with one attached hydrogen (secondary N) is 1. The molecule has 1 N–H and O–H groups in total. The summed E-state index contributed by atoms with van der Waals surface area (Å²) in [5.41, 5.74) is 1.36. The number of para-hydroxylation sites is 1. The van der Waals surface area contributed by atoms with E-state index in [1.165, 1.54) is 12.4 Å². The van der Waals surface area contributed by atoms with E-state index in [0.717, 1.165) is 11.4 Å². The lowest BCUT2D eigenvalue weighted by atomic mass is 10.2. The van der Waals surface area contributed by atoms with Crippen molar-refractivity contribution in [3.05, 3.63) is 54.2 Å². The Kier molecular flexibility index (Phi) is 3.82. The summed E-state index contributed by atoms with van der Waals surface area (Å²) in [6.45, 7) is 0.546. The molecular formula is C16H16FN5. The minimum Gasteiger partial charge on any atom is -0.365 e. The molecule has 22 heavy (non-hydrogen) atoms. The largest absolute Gasteiger partial charge is 0.365 e. The highest BCUT2D eigenvalue weighted by molar-refractivity contribution is 5.89. The summed E-state index contributed by atoms with van der Waals surface area (Å²) < 4.78 is 13.8. The quantitative estimate of drug-likeness (QED) is 0.802.